The number of carbonyl (C=O) groups is 1. The first-order valence-electron chi connectivity index (χ1n) is 13.9. The Morgan fingerprint density at radius 2 is 1.38 bits per heavy atom. The number of carbonyl (C=O) groups excluding carboxylic acids is 1. The second-order valence-electron chi connectivity index (χ2n) is 15.1. The molecule has 0 radical (unpaired) electrons. The minimum atomic E-state index is 0.108. The van der Waals surface area contributed by atoms with Crippen LogP contribution in [-0.2, 0) is 4.79 Å². The highest BCUT2D eigenvalue weighted by molar-refractivity contribution is 5.82. The van der Waals surface area contributed by atoms with Crippen LogP contribution in [0.25, 0.3) is 0 Å². The number of hydrogen-bond acceptors (Lipinski definition) is 2. The van der Waals surface area contributed by atoms with Gasteiger partial charge in [-0.3, -0.25) is 4.79 Å². The summed E-state index contributed by atoms with van der Waals surface area (Å²) in [6, 6.07) is 0. The fourth-order valence-electron chi connectivity index (χ4n) is 11.2. The van der Waals surface area contributed by atoms with Crippen LogP contribution in [0.2, 0.25) is 0 Å². The van der Waals surface area contributed by atoms with Crippen molar-refractivity contribution in [1.82, 2.24) is 0 Å². The Morgan fingerprint density at radius 3 is 2.06 bits per heavy atom. The number of aliphatic hydroxyl groups excluding tert-OH is 1. The van der Waals surface area contributed by atoms with Crippen molar-refractivity contribution in [2.24, 2.45) is 56.2 Å². The topological polar surface area (TPSA) is 37.3 Å². The Hall–Kier alpha value is -0.370. The minimum absolute atomic E-state index is 0.108. The first kappa shape index (κ1) is 23.4. The first-order chi connectivity index (χ1) is 14.8. The van der Waals surface area contributed by atoms with E-state index in [4.69, 9.17) is 0 Å². The molecule has 0 aromatic heterocycles. The molecule has 182 valence electrons. The van der Waals surface area contributed by atoms with E-state index >= 15 is 0 Å². The van der Waals surface area contributed by atoms with Gasteiger partial charge >= 0.3 is 0 Å². The predicted molar refractivity (Wildman–Crippen MR) is 131 cm³/mol. The summed E-state index contributed by atoms with van der Waals surface area (Å²) < 4.78 is 0. The van der Waals surface area contributed by atoms with E-state index in [0.717, 1.165) is 24.7 Å². The fraction of sp³-hybridized carbons (Fsp3) is 0.967. The van der Waals surface area contributed by atoms with Gasteiger partial charge in [0, 0.05) is 18.9 Å². The summed E-state index contributed by atoms with van der Waals surface area (Å²) in [6.45, 7) is 18.0. The molecule has 2 nitrogen and oxygen atoms in total. The third-order valence-electron chi connectivity index (χ3n) is 14.0. The number of aliphatic hydroxyl groups is 1. The van der Waals surface area contributed by atoms with Crippen LogP contribution in [0.15, 0.2) is 0 Å². The third kappa shape index (κ3) is 2.71. The van der Waals surface area contributed by atoms with Crippen molar-refractivity contribution in [3.05, 3.63) is 0 Å². The van der Waals surface area contributed by atoms with Crippen LogP contribution in [0, 0.1) is 56.2 Å². The molecule has 5 aliphatic carbocycles. The van der Waals surface area contributed by atoms with Crippen molar-refractivity contribution in [2.75, 3.05) is 6.61 Å². The van der Waals surface area contributed by atoms with Gasteiger partial charge in [-0.2, -0.15) is 0 Å². The summed E-state index contributed by atoms with van der Waals surface area (Å²) in [5.41, 5.74) is 1.88. The van der Waals surface area contributed by atoms with Crippen LogP contribution in [-0.4, -0.2) is 17.5 Å². The molecule has 0 amide bonds. The van der Waals surface area contributed by atoms with Gasteiger partial charge in [0.25, 0.3) is 0 Å². The maximum Gasteiger partial charge on any atom is 0.136 e. The SMILES string of the molecule is CC1C(=O)CC[C@H]2[C@]3(C)CC[C@@]4(C)[C@H]5C[C@](C)(CO)CC[C@]5(C)CC[C@]4(C)[C@H]3CC[C@]12C. The molecule has 2 heteroatoms. The molecule has 10 atom stereocenters. The number of rotatable bonds is 1. The normalized spacial score (nSPS) is 60.1. The second-order valence-corrected chi connectivity index (χ2v) is 15.1. The highest BCUT2D eigenvalue weighted by atomic mass is 16.3. The van der Waals surface area contributed by atoms with E-state index in [2.05, 4.69) is 48.5 Å². The Labute approximate surface area is 197 Å². The molecule has 0 aromatic carbocycles. The second kappa shape index (κ2) is 6.86. The highest BCUT2D eigenvalue weighted by Crippen LogP contribution is 2.78. The van der Waals surface area contributed by atoms with Crippen LogP contribution in [0.4, 0.5) is 0 Å². The van der Waals surface area contributed by atoms with Gasteiger partial charge in [0.15, 0.2) is 0 Å². The van der Waals surface area contributed by atoms with Gasteiger partial charge in [0.1, 0.15) is 5.78 Å². The molecule has 32 heavy (non-hydrogen) atoms. The Morgan fingerprint density at radius 1 is 0.750 bits per heavy atom. The van der Waals surface area contributed by atoms with Crippen LogP contribution >= 0.6 is 0 Å². The molecular weight excluding hydrogens is 392 g/mol. The lowest BCUT2D eigenvalue weighted by molar-refractivity contribution is -0.258. The van der Waals surface area contributed by atoms with E-state index in [1.54, 1.807) is 0 Å². The lowest BCUT2D eigenvalue weighted by atomic mass is 9.30. The quantitative estimate of drug-likeness (QED) is 0.458. The van der Waals surface area contributed by atoms with Crippen molar-refractivity contribution < 1.29 is 9.90 Å². The van der Waals surface area contributed by atoms with Crippen molar-refractivity contribution in [2.45, 2.75) is 119 Å². The molecule has 5 aliphatic rings. The van der Waals surface area contributed by atoms with Crippen molar-refractivity contribution in [3.63, 3.8) is 0 Å². The Bertz CT molecular complexity index is 805. The molecule has 1 N–H and O–H groups in total. The molecule has 0 heterocycles. The lowest BCUT2D eigenvalue weighted by Crippen LogP contribution is -2.67. The van der Waals surface area contributed by atoms with E-state index in [9.17, 15) is 9.90 Å². The molecular formula is C30H50O2. The van der Waals surface area contributed by atoms with E-state index in [-0.39, 0.29) is 16.7 Å². The fourth-order valence-corrected chi connectivity index (χ4v) is 11.2. The summed E-state index contributed by atoms with van der Waals surface area (Å²) in [7, 11) is 0. The van der Waals surface area contributed by atoms with Gasteiger partial charge in [0.2, 0.25) is 0 Å². The molecule has 5 fully saturated rings. The number of fused-ring (bicyclic) bond motifs is 7. The Kier molecular flexibility index (Phi) is 5.01. The zero-order chi connectivity index (χ0) is 23.4. The van der Waals surface area contributed by atoms with Gasteiger partial charge in [-0.15, -0.1) is 0 Å². The van der Waals surface area contributed by atoms with Crippen LogP contribution in [0.5, 0.6) is 0 Å². The molecule has 5 saturated carbocycles. The highest BCUT2D eigenvalue weighted by Gasteiger charge is 2.70. The molecule has 0 saturated heterocycles. The largest absolute Gasteiger partial charge is 0.396 e. The van der Waals surface area contributed by atoms with E-state index in [0.29, 0.717) is 40.0 Å². The monoisotopic (exact) mass is 442 g/mol. The average molecular weight is 443 g/mol. The average Bonchev–Trinajstić information content (AvgIpc) is 2.75. The van der Waals surface area contributed by atoms with Gasteiger partial charge in [-0.05, 0) is 114 Å². The predicted octanol–water partition coefficient (Wildman–Crippen LogP) is 7.43. The van der Waals surface area contributed by atoms with Crippen molar-refractivity contribution >= 4 is 5.78 Å². The summed E-state index contributed by atoms with van der Waals surface area (Å²) in [4.78, 5) is 12.7. The van der Waals surface area contributed by atoms with Crippen LogP contribution < -0.4 is 0 Å². The minimum Gasteiger partial charge on any atom is -0.396 e. The molecule has 0 aromatic rings. The maximum atomic E-state index is 12.7. The Balaban J connectivity index is 1.54. The number of hydrogen-bond donors (Lipinski definition) is 1. The zero-order valence-corrected chi connectivity index (χ0v) is 22.2. The maximum absolute atomic E-state index is 12.7. The van der Waals surface area contributed by atoms with Gasteiger partial charge < -0.3 is 5.11 Å². The van der Waals surface area contributed by atoms with Gasteiger partial charge in [-0.25, -0.2) is 0 Å². The number of Topliss-reactive ketones (excluding diaryl/α,β-unsaturated/α-hetero) is 1. The summed E-state index contributed by atoms with van der Waals surface area (Å²) in [5.74, 6) is 2.96. The molecule has 0 spiro atoms. The van der Waals surface area contributed by atoms with Crippen LogP contribution in [0.1, 0.15) is 119 Å². The van der Waals surface area contributed by atoms with E-state index < -0.39 is 0 Å². The summed E-state index contributed by atoms with van der Waals surface area (Å²) >= 11 is 0. The van der Waals surface area contributed by atoms with Gasteiger partial charge in [-0.1, -0.05) is 48.5 Å². The number of ketones is 1. The van der Waals surface area contributed by atoms with E-state index in [1.807, 2.05) is 0 Å². The van der Waals surface area contributed by atoms with Crippen molar-refractivity contribution in [1.29, 1.82) is 0 Å². The van der Waals surface area contributed by atoms with E-state index in [1.165, 1.54) is 57.8 Å². The molecule has 5 rings (SSSR count). The standard InChI is InChI=1S/C30H50O2/c1-20-21(32)8-9-22-27(20,4)11-10-23-28(22,5)15-17-30(7)24-18-25(2,19-31)12-13-26(24,3)14-16-29(23,30)6/h20,22-24,31H,8-19H2,1-7H3/t20?,22-,23+,24+,25-,26-,27-,28+,29-,30+/m1/s1. The van der Waals surface area contributed by atoms with Crippen molar-refractivity contribution in [3.8, 4) is 0 Å². The smallest absolute Gasteiger partial charge is 0.136 e. The summed E-state index contributed by atoms with van der Waals surface area (Å²) in [6.07, 6.45) is 13.6. The molecule has 1 unspecified atom stereocenters. The van der Waals surface area contributed by atoms with Gasteiger partial charge in [0.05, 0.1) is 0 Å². The molecule has 0 aliphatic heterocycles. The third-order valence-corrected chi connectivity index (χ3v) is 14.0. The lowest BCUT2D eigenvalue weighted by Gasteiger charge is -2.74. The zero-order valence-electron chi connectivity index (χ0n) is 22.2. The molecule has 0 bridgehead atoms. The summed E-state index contributed by atoms with van der Waals surface area (Å²) in [5, 5.41) is 10.3. The van der Waals surface area contributed by atoms with Crippen LogP contribution in [0.3, 0.4) is 0 Å². The first-order valence-corrected chi connectivity index (χ1v) is 13.9.